The molecule has 1 aliphatic rings. The zero-order valence-electron chi connectivity index (χ0n) is 10.8. The van der Waals surface area contributed by atoms with E-state index in [4.69, 9.17) is 0 Å². The maximum atomic E-state index is 10.7. The molecule has 0 aromatic heterocycles. The van der Waals surface area contributed by atoms with Gasteiger partial charge in [-0.3, -0.25) is 10.1 Å². The predicted molar refractivity (Wildman–Crippen MR) is 84.0 cm³/mol. The van der Waals surface area contributed by atoms with Crippen LogP contribution in [0.2, 0.25) is 0 Å². The topological polar surface area (TPSA) is 55.2 Å². The average Bonchev–Trinajstić information content (AvgIpc) is 2.79. The number of nitrogens with one attached hydrogen (secondary N) is 1. The number of hydrogen-bond acceptors (Lipinski definition) is 4. The van der Waals surface area contributed by atoms with Gasteiger partial charge < -0.3 is 5.32 Å². The highest BCUT2D eigenvalue weighted by molar-refractivity contribution is 9.10. The van der Waals surface area contributed by atoms with E-state index in [1.807, 2.05) is 11.8 Å². The summed E-state index contributed by atoms with van der Waals surface area (Å²) in [6, 6.07) is 5.35. The van der Waals surface area contributed by atoms with Crippen molar-refractivity contribution < 1.29 is 4.92 Å². The molecule has 0 amide bonds. The summed E-state index contributed by atoms with van der Waals surface area (Å²) in [4.78, 5) is 10.3. The molecule has 1 saturated carbocycles. The van der Waals surface area contributed by atoms with Gasteiger partial charge in [0.2, 0.25) is 0 Å². The number of rotatable bonds is 5. The molecular weight excluding hydrogens is 328 g/mol. The molecular formula is C13H17BrN2O2S. The molecule has 2 unspecified atom stereocenters. The van der Waals surface area contributed by atoms with Crippen molar-refractivity contribution in [3.8, 4) is 0 Å². The third-order valence-corrected chi connectivity index (χ3v) is 5.20. The fourth-order valence-electron chi connectivity index (χ4n) is 2.41. The number of benzene rings is 1. The van der Waals surface area contributed by atoms with E-state index in [1.54, 1.807) is 18.2 Å². The van der Waals surface area contributed by atoms with Crippen LogP contribution in [0, 0.1) is 10.1 Å². The second-order valence-corrected chi connectivity index (χ2v) is 7.08. The van der Waals surface area contributed by atoms with Crippen LogP contribution in [0.3, 0.4) is 0 Å². The van der Waals surface area contributed by atoms with Crippen LogP contribution in [0.1, 0.15) is 26.2 Å². The number of halogens is 1. The largest absolute Gasteiger partial charge is 0.381 e. The van der Waals surface area contributed by atoms with E-state index in [2.05, 4.69) is 28.2 Å². The van der Waals surface area contributed by atoms with E-state index >= 15 is 0 Å². The predicted octanol–water partition coefficient (Wildman–Crippen LogP) is 4.44. The molecule has 6 heteroatoms. The monoisotopic (exact) mass is 344 g/mol. The van der Waals surface area contributed by atoms with Crippen molar-refractivity contribution in [3.63, 3.8) is 0 Å². The van der Waals surface area contributed by atoms with Gasteiger partial charge in [0.1, 0.15) is 0 Å². The molecule has 0 heterocycles. The smallest absolute Gasteiger partial charge is 0.270 e. The van der Waals surface area contributed by atoms with Crippen molar-refractivity contribution in [3.05, 3.63) is 32.8 Å². The fraction of sp³-hybridized carbons (Fsp3) is 0.538. The Morgan fingerprint density at radius 1 is 1.53 bits per heavy atom. The first-order valence-electron chi connectivity index (χ1n) is 6.42. The Bertz CT molecular complexity index is 470. The Labute approximate surface area is 125 Å². The Morgan fingerprint density at radius 3 is 2.95 bits per heavy atom. The van der Waals surface area contributed by atoms with Gasteiger partial charge in [-0.25, -0.2) is 0 Å². The highest BCUT2D eigenvalue weighted by Gasteiger charge is 2.25. The minimum absolute atomic E-state index is 0.114. The maximum Gasteiger partial charge on any atom is 0.270 e. The zero-order valence-corrected chi connectivity index (χ0v) is 13.2. The van der Waals surface area contributed by atoms with Gasteiger partial charge in [-0.2, -0.15) is 11.8 Å². The molecule has 4 nitrogen and oxygen atoms in total. The summed E-state index contributed by atoms with van der Waals surface area (Å²) >= 11 is 5.42. The van der Waals surface area contributed by atoms with Crippen molar-refractivity contribution in [1.82, 2.24) is 0 Å². The molecule has 104 valence electrons. The van der Waals surface area contributed by atoms with Gasteiger partial charge in [-0.1, -0.05) is 6.92 Å². The first-order valence-corrected chi connectivity index (χ1v) is 8.26. The van der Waals surface area contributed by atoms with Crippen LogP contribution in [-0.2, 0) is 0 Å². The quantitative estimate of drug-likeness (QED) is 0.633. The van der Waals surface area contributed by atoms with Crippen molar-refractivity contribution in [2.45, 2.75) is 37.5 Å². The Balaban J connectivity index is 1.98. The molecule has 1 N–H and O–H groups in total. The number of nitrogens with zero attached hydrogens (tertiary/aromatic N) is 1. The lowest BCUT2D eigenvalue weighted by atomic mass is 10.2. The molecule has 1 aromatic rings. The fourth-order valence-corrected chi connectivity index (χ4v) is 4.04. The van der Waals surface area contributed by atoms with Crippen LogP contribution in [0.4, 0.5) is 11.4 Å². The van der Waals surface area contributed by atoms with E-state index in [9.17, 15) is 10.1 Å². The lowest BCUT2D eigenvalue weighted by Crippen LogP contribution is -2.16. The van der Waals surface area contributed by atoms with Crippen molar-refractivity contribution in [1.29, 1.82) is 0 Å². The molecule has 0 radical (unpaired) electrons. The zero-order chi connectivity index (χ0) is 13.8. The molecule has 0 bridgehead atoms. The minimum Gasteiger partial charge on any atom is -0.381 e. The van der Waals surface area contributed by atoms with Crippen LogP contribution in [-0.4, -0.2) is 22.0 Å². The maximum absolute atomic E-state index is 10.7. The van der Waals surface area contributed by atoms with Gasteiger partial charge in [-0.15, -0.1) is 0 Å². The van der Waals surface area contributed by atoms with Crippen molar-refractivity contribution in [2.75, 3.05) is 11.1 Å². The van der Waals surface area contributed by atoms with E-state index in [1.165, 1.54) is 25.0 Å². The van der Waals surface area contributed by atoms with E-state index in [0.29, 0.717) is 6.04 Å². The molecule has 2 atom stereocenters. The van der Waals surface area contributed by atoms with E-state index < -0.39 is 0 Å². The Hall–Kier alpha value is -0.750. The Morgan fingerprint density at radius 2 is 2.32 bits per heavy atom. The average molecular weight is 345 g/mol. The summed E-state index contributed by atoms with van der Waals surface area (Å²) < 4.78 is 0.758. The van der Waals surface area contributed by atoms with Crippen LogP contribution in [0.5, 0.6) is 0 Å². The first kappa shape index (κ1) is 14.7. The summed E-state index contributed by atoms with van der Waals surface area (Å²) in [6.07, 6.45) is 3.59. The Kier molecular flexibility index (Phi) is 5.10. The summed E-state index contributed by atoms with van der Waals surface area (Å²) in [5.74, 6) is 1.17. The summed E-state index contributed by atoms with van der Waals surface area (Å²) in [5.41, 5.74) is 1.06. The number of nitro benzene ring substituents is 1. The second-order valence-electron chi connectivity index (χ2n) is 4.65. The number of thioether (sulfide) groups is 1. The number of hydrogen-bond donors (Lipinski definition) is 1. The molecule has 1 aliphatic carbocycles. The molecule has 19 heavy (non-hydrogen) atoms. The lowest BCUT2D eigenvalue weighted by molar-refractivity contribution is -0.384. The van der Waals surface area contributed by atoms with Crippen LogP contribution < -0.4 is 5.32 Å². The molecule has 0 aliphatic heterocycles. The minimum atomic E-state index is -0.377. The number of non-ortho nitro benzene ring substituents is 1. The van der Waals surface area contributed by atoms with Gasteiger partial charge in [-0.05, 0) is 47.0 Å². The van der Waals surface area contributed by atoms with Gasteiger partial charge in [0.05, 0.1) is 4.92 Å². The SMILES string of the molecule is CCSC1CCC(Nc2ccc([N+](=O)[O-])cc2Br)C1. The molecule has 2 rings (SSSR count). The van der Waals surface area contributed by atoms with Crippen LogP contribution in [0.15, 0.2) is 22.7 Å². The van der Waals surface area contributed by atoms with Crippen LogP contribution in [0.25, 0.3) is 0 Å². The third kappa shape index (κ3) is 3.86. The van der Waals surface area contributed by atoms with E-state index in [0.717, 1.165) is 15.4 Å². The van der Waals surface area contributed by atoms with Gasteiger partial charge in [0.25, 0.3) is 5.69 Å². The highest BCUT2D eigenvalue weighted by atomic mass is 79.9. The molecule has 1 fully saturated rings. The van der Waals surface area contributed by atoms with Gasteiger partial charge in [0.15, 0.2) is 0 Å². The summed E-state index contributed by atoms with van der Waals surface area (Å²) in [7, 11) is 0. The summed E-state index contributed by atoms with van der Waals surface area (Å²) in [6.45, 7) is 2.19. The molecule has 1 aromatic carbocycles. The summed E-state index contributed by atoms with van der Waals surface area (Å²) in [5, 5.41) is 14.9. The van der Waals surface area contributed by atoms with Crippen molar-refractivity contribution >= 4 is 39.1 Å². The highest BCUT2D eigenvalue weighted by Crippen LogP contribution is 2.34. The van der Waals surface area contributed by atoms with Gasteiger partial charge in [0, 0.05) is 33.6 Å². The second kappa shape index (κ2) is 6.61. The van der Waals surface area contributed by atoms with Gasteiger partial charge >= 0.3 is 0 Å². The number of anilines is 1. The standard InChI is InChI=1S/C13H17BrN2O2S/c1-2-19-11-5-3-9(7-11)15-13-6-4-10(16(17)18)8-12(13)14/h4,6,8-9,11,15H,2-3,5,7H2,1H3. The molecule has 0 saturated heterocycles. The molecule has 0 spiro atoms. The third-order valence-electron chi connectivity index (χ3n) is 3.31. The van der Waals surface area contributed by atoms with Crippen molar-refractivity contribution in [2.24, 2.45) is 0 Å². The lowest BCUT2D eigenvalue weighted by Gasteiger charge is -2.15. The number of nitro groups is 1. The normalized spacial score (nSPS) is 22.4. The van der Waals surface area contributed by atoms with Crippen LogP contribution >= 0.6 is 27.7 Å². The van der Waals surface area contributed by atoms with E-state index in [-0.39, 0.29) is 10.6 Å². The first-order chi connectivity index (χ1) is 9.10.